The number of carbonyl (C=O) groups excluding carboxylic acids is 1. The second kappa shape index (κ2) is 9.92. The molecule has 0 aliphatic carbocycles. The number of likely N-dealkylation sites (tertiary alicyclic amines) is 1. The molecule has 1 aliphatic heterocycles. The summed E-state index contributed by atoms with van der Waals surface area (Å²) in [6.07, 6.45) is 4.43. The third-order valence-electron chi connectivity index (χ3n) is 4.78. The van der Waals surface area contributed by atoms with Crippen LogP contribution in [0, 0.1) is 5.92 Å². The van der Waals surface area contributed by atoms with Crippen LogP contribution >= 0.6 is 0 Å². The van der Waals surface area contributed by atoms with Crippen LogP contribution in [0.4, 0.5) is 10.5 Å². The van der Waals surface area contributed by atoms with Crippen molar-refractivity contribution in [2.24, 2.45) is 5.92 Å². The summed E-state index contributed by atoms with van der Waals surface area (Å²) in [6.45, 7) is 2.85. The summed E-state index contributed by atoms with van der Waals surface area (Å²) in [5, 5.41) is 2.91. The van der Waals surface area contributed by atoms with Crippen LogP contribution in [0.3, 0.4) is 0 Å². The van der Waals surface area contributed by atoms with Gasteiger partial charge in [-0.3, -0.25) is 0 Å². The summed E-state index contributed by atoms with van der Waals surface area (Å²) in [5.74, 6) is 1.11. The standard InChI is InChI=1S/C21H27N3O3/c1-26-16-18-9-12-24(13-10-18)21(25)23-19-7-8-20(22-15-19)27-14-11-17-5-3-2-4-6-17/h2-8,15,18H,9-14,16H2,1H3,(H,23,25). The number of piperidine rings is 1. The van der Waals surface area contributed by atoms with E-state index in [0.717, 1.165) is 39.0 Å². The zero-order chi connectivity index (χ0) is 18.9. The van der Waals surface area contributed by atoms with Crippen LogP contribution in [0.2, 0.25) is 0 Å². The summed E-state index contributed by atoms with van der Waals surface area (Å²) in [4.78, 5) is 18.5. The van der Waals surface area contributed by atoms with Crippen molar-refractivity contribution in [2.75, 3.05) is 38.7 Å². The van der Waals surface area contributed by atoms with Gasteiger partial charge in [0.15, 0.2) is 0 Å². The minimum absolute atomic E-state index is 0.0783. The molecular weight excluding hydrogens is 342 g/mol. The van der Waals surface area contributed by atoms with Gasteiger partial charge in [0.05, 0.1) is 18.5 Å². The lowest BCUT2D eigenvalue weighted by Crippen LogP contribution is -2.41. The van der Waals surface area contributed by atoms with Crippen LogP contribution in [0.15, 0.2) is 48.7 Å². The molecule has 6 heteroatoms. The Balaban J connectivity index is 1.41. The number of pyridine rings is 1. The lowest BCUT2D eigenvalue weighted by Gasteiger charge is -2.31. The quantitative estimate of drug-likeness (QED) is 0.810. The van der Waals surface area contributed by atoms with E-state index >= 15 is 0 Å². The molecule has 0 radical (unpaired) electrons. The van der Waals surface area contributed by atoms with Crippen LogP contribution in [0.25, 0.3) is 0 Å². The van der Waals surface area contributed by atoms with Gasteiger partial charge in [0, 0.05) is 39.3 Å². The summed E-state index contributed by atoms with van der Waals surface area (Å²) >= 11 is 0. The van der Waals surface area contributed by atoms with Crippen molar-refractivity contribution >= 4 is 11.7 Å². The minimum Gasteiger partial charge on any atom is -0.477 e. The maximum atomic E-state index is 12.4. The van der Waals surface area contributed by atoms with Crippen molar-refractivity contribution in [3.05, 3.63) is 54.2 Å². The highest BCUT2D eigenvalue weighted by atomic mass is 16.5. The van der Waals surface area contributed by atoms with Crippen LogP contribution in [0.5, 0.6) is 5.88 Å². The Morgan fingerprint density at radius 2 is 1.96 bits per heavy atom. The molecule has 6 nitrogen and oxygen atoms in total. The van der Waals surface area contributed by atoms with Gasteiger partial charge in [-0.15, -0.1) is 0 Å². The average molecular weight is 369 g/mol. The topological polar surface area (TPSA) is 63.7 Å². The van der Waals surface area contributed by atoms with Crippen molar-refractivity contribution in [1.29, 1.82) is 0 Å². The van der Waals surface area contributed by atoms with E-state index < -0.39 is 0 Å². The predicted molar refractivity (Wildman–Crippen MR) is 105 cm³/mol. The van der Waals surface area contributed by atoms with Crippen LogP contribution in [0.1, 0.15) is 18.4 Å². The molecule has 2 heterocycles. The fourth-order valence-electron chi connectivity index (χ4n) is 3.20. The molecule has 0 spiro atoms. The van der Waals surface area contributed by atoms with Crippen LogP contribution in [-0.2, 0) is 11.2 Å². The van der Waals surface area contributed by atoms with Gasteiger partial charge in [0.2, 0.25) is 5.88 Å². The van der Waals surface area contributed by atoms with Crippen LogP contribution in [-0.4, -0.2) is 49.3 Å². The molecule has 2 aromatic rings. The van der Waals surface area contributed by atoms with Crippen molar-refractivity contribution in [3.63, 3.8) is 0 Å². The molecular formula is C21H27N3O3. The van der Waals surface area contributed by atoms with E-state index in [4.69, 9.17) is 9.47 Å². The number of amides is 2. The third-order valence-corrected chi connectivity index (χ3v) is 4.78. The summed E-state index contributed by atoms with van der Waals surface area (Å²) < 4.78 is 10.9. The molecule has 1 saturated heterocycles. The lowest BCUT2D eigenvalue weighted by atomic mass is 9.98. The Morgan fingerprint density at radius 3 is 2.63 bits per heavy atom. The zero-order valence-corrected chi connectivity index (χ0v) is 15.8. The van der Waals surface area contributed by atoms with E-state index in [1.54, 1.807) is 19.4 Å². The molecule has 1 fully saturated rings. The Morgan fingerprint density at radius 1 is 1.19 bits per heavy atom. The molecule has 1 aromatic heterocycles. The molecule has 0 bridgehead atoms. The van der Waals surface area contributed by atoms with Gasteiger partial charge in [-0.1, -0.05) is 30.3 Å². The second-order valence-corrected chi connectivity index (χ2v) is 6.79. The van der Waals surface area contributed by atoms with Gasteiger partial charge in [-0.25, -0.2) is 9.78 Å². The number of methoxy groups -OCH3 is 1. The molecule has 27 heavy (non-hydrogen) atoms. The number of hydrogen-bond donors (Lipinski definition) is 1. The highest BCUT2D eigenvalue weighted by Gasteiger charge is 2.22. The molecule has 2 amide bonds. The largest absolute Gasteiger partial charge is 0.477 e. The number of benzene rings is 1. The summed E-state index contributed by atoms with van der Waals surface area (Å²) in [6, 6.07) is 13.7. The Bertz CT molecular complexity index is 698. The maximum Gasteiger partial charge on any atom is 0.321 e. The molecule has 1 aromatic carbocycles. The first-order chi connectivity index (χ1) is 13.2. The number of carbonyl (C=O) groups is 1. The Hall–Kier alpha value is -2.60. The molecule has 0 unspecified atom stereocenters. The summed E-state index contributed by atoms with van der Waals surface area (Å²) in [7, 11) is 1.72. The third kappa shape index (κ3) is 5.96. The molecule has 144 valence electrons. The van der Waals surface area contributed by atoms with Gasteiger partial charge >= 0.3 is 6.03 Å². The van der Waals surface area contributed by atoms with Gasteiger partial charge in [0.1, 0.15) is 0 Å². The Kier molecular flexibility index (Phi) is 7.04. The predicted octanol–water partition coefficient (Wildman–Crippen LogP) is 3.59. The maximum absolute atomic E-state index is 12.4. The lowest BCUT2D eigenvalue weighted by molar-refractivity contribution is 0.110. The molecule has 0 atom stereocenters. The Labute approximate surface area is 160 Å². The number of nitrogens with zero attached hydrogens (tertiary/aromatic N) is 2. The van der Waals surface area contributed by atoms with Gasteiger partial charge in [0.25, 0.3) is 0 Å². The van der Waals surface area contributed by atoms with Gasteiger partial charge < -0.3 is 19.7 Å². The zero-order valence-electron chi connectivity index (χ0n) is 15.8. The van der Waals surface area contributed by atoms with Gasteiger partial charge in [-0.05, 0) is 30.4 Å². The smallest absolute Gasteiger partial charge is 0.321 e. The van der Waals surface area contributed by atoms with Crippen LogP contribution < -0.4 is 10.1 Å². The fraction of sp³-hybridized carbons (Fsp3) is 0.429. The number of anilines is 1. The first-order valence-electron chi connectivity index (χ1n) is 9.42. The number of rotatable bonds is 7. The summed E-state index contributed by atoms with van der Waals surface area (Å²) in [5.41, 5.74) is 1.91. The number of urea groups is 1. The average Bonchev–Trinajstić information content (AvgIpc) is 2.71. The SMILES string of the molecule is COCC1CCN(C(=O)Nc2ccc(OCCc3ccccc3)nc2)CC1. The molecule has 1 N–H and O–H groups in total. The highest BCUT2D eigenvalue weighted by molar-refractivity contribution is 5.89. The van der Waals surface area contributed by atoms with E-state index in [2.05, 4.69) is 22.4 Å². The molecule has 0 saturated carbocycles. The highest BCUT2D eigenvalue weighted by Crippen LogP contribution is 2.19. The van der Waals surface area contributed by atoms with Gasteiger partial charge in [-0.2, -0.15) is 0 Å². The van der Waals surface area contributed by atoms with Crippen molar-refractivity contribution in [2.45, 2.75) is 19.3 Å². The second-order valence-electron chi connectivity index (χ2n) is 6.79. The molecule has 3 rings (SSSR count). The van der Waals surface area contributed by atoms with E-state index in [1.807, 2.05) is 29.2 Å². The first kappa shape index (κ1) is 19.2. The first-order valence-corrected chi connectivity index (χ1v) is 9.42. The number of nitrogens with one attached hydrogen (secondary N) is 1. The normalized spacial score (nSPS) is 14.8. The number of hydrogen-bond acceptors (Lipinski definition) is 4. The van der Waals surface area contributed by atoms with Crippen molar-refractivity contribution in [1.82, 2.24) is 9.88 Å². The van der Waals surface area contributed by atoms with E-state index in [9.17, 15) is 4.79 Å². The van der Waals surface area contributed by atoms with E-state index in [1.165, 1.54) is 5.56 Å². The molecule has 1 aliphatic rings. The minimum atomic E-state index is -0.0783. The number of aromatic nitrogens is 1. The van der Waals surface area contributed by atoms with E-state index in [-0.39, 0.29) is 6.03 Å². The monoisotopic (exact) mass is 369 g/mol. The van der Waals surface area contributed by atoms with Crippen molar-refractivity contribution in [3.8, 4) is 5.88 Å². The van der Waals surface area contributed by atoms with Crippen molar-refractivity contribution < 1.29 is 14.3 Å². The fourth-order valence-corrected chi connectivity index (χ4v) is 3.20. The van der Waals surface area contributed by atoms with E-state index in [0.29, 0.717) is 24.1 Å². The number of ether oxygens (including phenoxy) is 2.